The molecule has 6 nitrogen and oxygen atoms in total. The van der Waals surface area contributed by atoms with E-state index in [1.807, 2.05) is 0 Å². The highest BCUT2D eigenvalue weighted by molar-refractivity contribution is 8.13. The van der Waals surface area contributed by atoms with Gasteiger partial charge in [0, 0.05) is 16.7 Å². The molecule has 1 aromatic carbocycles. The summed E-state index contributed by atoms with van der Waals surface area (Å²) < 4.78 is 41.5. The molecule has 104 valence electrons. The number of non-ortho nitro benzene ring substituents is 1. The Morgan fingerprint density at radius 1 is 1.47 bits per heavy atom. The molecule has 0 saturated heterocycles. The molecule has 1 saturated carbocycles. The fraction of sp³-hybridized carbons (Fsp3) is 0.400. The lowest BCUT2D eigenvalue weighted by Gasteiger charge is -2.10. The summed E-state index contributed by atoms with van der Waals surface area (Å²) in [7, 11) is 0.810. The van der Waals surface area contributed by atoms with E-state index >= 15 is 0 Å². The van der Waals surface area contributed by atoms with E-state index in [0.29, 0.717) is 12.1 Å². The minimum absolute atomic E-state index is 0.161. The van der Waals surface area contributed by atoms with Gasteiger partial charge in [0.05, 0.1) is 17.6 Å². The molecule has 9 heteroatoms. The third-order valence-corrected chi connectivity index (χ3v) is 3.96. The monoisotopic (exact) mass is 309 g/mol. The van der Waals surface area contributed by atoms with Crippen molar-refractivity contribution in [2.75, 3.05) is 6.61 Å². The SMILES string of the molecule is O=[N+]([O-])c1cc(F)c(OCC2CC2)c(S(=O)(=O)Cl)c1. The van der Waals surface area contributed by atoms with Crippen LogP contribution in [0.5, 0.6) is 5.75 Å². The number of hydrogen-bond acceptors (Lipinski definition) is 5. The molecule has 0 radical (unpaired) electrons. The maximum absolute atomic E-state index is 13.7. The van der Waals surface area contributed by atoms with Gasteiger partial charge in [0.2, 0.25) is 0 Å². The van der Waals surface area contributed by atoms with Crippen LogP contribution in [0.2, 0.25) is 0 Å². The number of nitrogens with zero attached hydrogens (tertiary/aromatic N) is 1. The van der Waals surface area contributed by atoms with E-state index in [-0.39, 0.29) is 12.5 Å². The quantitative estimate of drug-likeness (QED) is 0.473. The number of ether oxygens (including phenoxy) is 1. The van der Waals surface area contributed by atoms with Crippen LogP contribution < -0.4 is 4.74 Å². The standard InChI is InChI=1S/C10H9ClFNO5S/c11-19(16,17)9-4-7(13(14)15)3-8(12)10(9)18-5-6-1-2-6/h3-4,6H,1-2,5H2. The van der Waals surface area contributed by atoms with Crippen molar-refractivity contribution in [3.05, 3.63) is 28.1 Å². The minimum Gasteiger partial charge on any atom is -0.489 e. The Kier molecular flexibility index (Phi) is 3.64. The Hall–Kier alpha value is -1.41. The first-order chi connectivity index (χ1) is 8.79. The lowest BCUT2D eigenvalue weighted by molar-refractivity contribution is -0.385. The Balaban J connectivity index is 2.46. The van der Waals surface area contributed by atoms with Crippen molar-refractivity contribution in [3.8, 4) is 5.75 Å². The third kappa shape index (κ3) is 3.32. The highest BCUT2D eigenvalue weighted by Gasteiger charge is 2.28. The molecule has 0 unspecified atom stereocenters. The van der Waals surface area contributed by atoms with Crippen molar-refractivity contribution in [1.82, 2.24) is 0 Å². The van der Waals surface area contributed by atoms with Gasteiger partial charge in [0.15, 0.2) is 11.6 Å². The normalized spacial score (nSPS) is 15.3. The number of hydrogen-bond donors (Lipinski definition) is 0. The van der Waals surface area contributed by atoms with Crippen molar-refractivity contribution in [3.63, 3.8) is 0 Å². The van der Waals surface area contributed by atoms with Crippen molar-refractivity contribution >= 4 is 25.4 Å². The maximum Gasteiger partial charge on any atom is 0.273 e. The Labute approximate surface area is 112 Å². The summed E-state index contributed by atoms with van der Waals surface area (Å²) in [5.41, 5.74) is -0.699. The molecule has 0 amide bonds. The molecule has 0 heterocycles. The molecule has 1 fully saturated rings. The molecule has 0 N–H and O–H groups in total. The van der Waals surface area contributed by atoms with Crippen molar-refractivity contribution in [1.29, 1.82) is 0 Å². The van der Waals surface area contributed by atoms with Crippen molar-refractivity contribution in [2.24, 2.45) is 5.92 Å². The van der Waals surface area contributed by atoms with E-state index < -0.39 is 36.1 Å². The van der Waals surface area contributed by atoms with Gasteiger partial charge in [-0.1, -0.05) is 0 Å². The Morgan fingerprint density at radius 2 is 2.11 bits per heavy atom. The highest BCUT2D eigenvalue weighted by Crippen LogP contribution is 2.36. The predicted molar refractivity (Wildman–Crippen MR) is 64.3 cm³/mol. The molecule has 19 heavy (non-hydrogen) atoms. The smallest absolute Gasteiger partial charge is 0.273 e. The van der Waals surface area contributed by atoms with E-state index in [1.165, 1.54) is 0 Å². The van der Waals surface area contributed by atoms with Gasteiger partial charge in [-0.25, -0.2) is 12.8 Å². The average Bonchev–Trinajstić information content (AvgIpc) is 3.08. The summed E-state index contributed by atoms with van der Waals surface area (Å²) in [5, 5.41) is 10.6. The van der Waals surface area contributed by atoms with Crippen LogP contribution in [-0.2, 0) is 9.05 Å². The first kappa shape index (κ1) is 14.0. The molecule has 1 aliphatic rings. The van der Waals surface area contributed by atoms with Crippen LogP contribution in [0.15, 0.2) is 17.0 Å². The summed E-state index contributed by atoms with van der Waals surface area (Å²) in [6.45, 7) is 0.161. The lowest BCUT2D eigenvalue weighted by Crippen LogP contribution is -2.06. The van der Waals surface area contributed by atoms with Crippen LogP contribution in [0.4, 0.5) is 10.1 Å². The van der Waals surface area contributed by atoms with E-state index in [2.05, 4.69) is 0 Å². The van der Waals surface area contributed by atoms with E-state index in [0.717, 1.165) is 12.8 Å². The fourth-order valence-corrected chi connectivity index (χ4v) is 2.45. The van der Waals surface area contributed by atoms with E-state index in [4.69, 9.17) is 15.4 Å². The summed E-state index contributed by atoms with van der Waals surface area (Å²) in [6, 6.07) is 1.29. The second-order valence-corrected chi connectivity index (χ2v) is 6.74. The Morgan fingerprint density at radius 3 is 2.58 bits per heavy atom. The van der Waals surface area contributed by atoms with Crippen LogP contribution in [-0.4, -0.2) is 19.9 Å². The number of nitro benzene ring substituents is 1. The van der Waals surface area contributed by atoms with Gasteiger partial charge < -0.3 is 4.74 Å². The van der Waals surface area contributed by atoms with Gasteiger partial charge in [-0.2, -0.15) is 0 Å². The van der Waals surface area contributed by atoms with Gasteiger partial charge in [0.1, 0.15) is 4.90 Å². The zero-order valence-electron chi connectivity index (χ0n) is 9.51. The van der Waals surface area contributed by atoms with Crippen molar-refractivity contribution < 1.29 is 22.5 Å². The molecule has 0 aromatic heterocycles. The van der Waals surface area contributed by atoms with Crippen LogP contribution >= 0.6 is 10.7 Å². The number of rotatable bonds is 5. The molecule has 2 rings (SSSR count). The second-order valence-electron chi connectivity index (χ2n) is 4.20. The van der Waals surface area contributed by atoms with Gasteiger partial charge in [-0.05, 0) is 18.8 Å². The molecule has 0 aliphatic heterocycles. The topological polar surface area (TPSA) is 86.5 Å². The van der Waals surface area contributed by atoms with Gasteiger partial charge in [-0.3, -0.25) is 10.1 Å². The molecule has 0 spiro atoms. The average molecular weight is 310 g/mol. The second kappa shape index (κ2) is 4.93. The van der Waals surface area contributed by atoms with Crippen LogP contribution in [0.1, 0.15) is 12.8 Å². The van der Waals surface area contributed by atoms with Gasteiger partial charge in [0.25, 0.3) is 14.7 Å². The molecular formula is C10H9ClFNO5S. The summed E-state index contributed by atoms with van der Waals surface area (Å²) in [5.74, 6) is -1.41. The molecule has 0 atom stereocenters. The maximum atomic E-state index is 13.7. The highest BCUT2D eigenvalue weighted by atomic mass is 35.7. The molecular weight excluding hydrogens is 301 g/mol. The lowest BCUT2D eigenvalue weighted by atomic mass is 10.3. The van der Waals surface area contributed by atoms with Gasteiger partial charge >= 0.3 is 0 Å². The van der Waals surface area contributed by atoms with Crippen molar-refractivity contribution in [2.45, 2.75) is 17.7 Å². The number of nitro groups is 1. The van der Waals surface area contributed by atoms with E-state index in [1.54, 1.807) is 0 Å². The summed E-state index contributed by atoms with van der Waals surface area (Å²) in [4.78, 5) is 8.96. The zero-order chi connectivity index (χ0) is 14.2. The first-order valence-corrected chi connectivity index (χ1v) is 7.65. The van der Waals surface area contributed by atoms with Gasteiger partial charge in [-0.15, -0.1) is 0 Å². The minimum atomic E-state index is -4.34. The van der Waals surface area contributed by atoms with Crippen LogP contribution in [0.25, 0.3) is 0 Å². The number of halogens is 2. The molecule has 1 aliphatic carbocycles. The predicted octanol–water partition coefficient (Wildman–Crippen LogP) is 2.45. The number of benzene rings is 1. The molecule has 0 bridgehead atoms. The largest absolute Gasteiger partial charge is 0.489 e. The molecule has 1 aromatic rings. The summed E-state index contributed by atoms with van der Waals surface area (Å²) >= 11 is 0. The van der Waals surface area contributed by atoms with Crippen LogP contribution in [0.3, 0.4) is 0 Å². The Bertz CT molecular complexity index is 629. The van der Waals surface area contributed by atoms with Crippen LogP contribution in [0, 0.1) is 21.8 Å². The first-order valence-electron chi connectivity index (χ1n) is 5.34. The third-order valence-electron chi connectivity index (χ3n) is 2.63. The zero-order valence-corrected chi connectivity index (χ0v) is 11.1. The van der Waals surface area contributed by atoms with E-state index in [9.17, 15) is 22.9 Å². The summed E-state index contributed by atoms with van der Waals surface area (Å²) in [6.07, 6.45) is 1.86. The fourth-order valence-electron chi connectivity index (χ4n) is 1.47.